The molecular formula is C18H16N4O3. The van der Waals surface area contributed by atoms with Crippen LogP contribution in [0.2, 0.25) is 0 Å². The van der Waals surface area contributed by atoms with Gasteiger partial charge in [-0.25, -0.2) is 4.98 Å². The lowest BCUT2D eigenvalue weighted by Gasteiger charge is -2.03. The van der Waals surface area contributed by atoms with E-state index in [2.05, 4.69) is 34.2 Å². The third-order valence-corrected chi connectivity index (χ3v) is 3.91. The first kappa shape index (κ1) is 15.3. The van der Waals surface area contributed by atoms with Crippen LogP contribution >= 0.6 is 0 Å². The molecule has 0 unspecified atom stereocenters. The molecule has 0 aliphatic heterocycles. The smallest absolute Gasteiger partial charge is 0.257 e. The van der Waals surface area contributed by atoms with Crippen molar-refractivity contribution in [3.05, 3.63) is 42.2 Å². The SMILES string of the molecule is COc1ccccc1-c1nnc(-c2cnc3onc(C(C)C)c3c2)o1. The first-order valence-electron chi connectivity index (χ1n) is 7.90. The van der Waals surface area contributed by atoms with Crippen LogP contribution in [0.5, 0.6) is 5.75 Å². The summed E-state index contributed by atoms with van der Waals surface area (Å²) in [5, 5.41) is 13.2. The summed E-state index contributed by atoms with van der Waals surface area (Å²) in [4.78, 5) is 4.29. The molecule has 0 fully saturated rings. The van der Waals surface area contributed by atoms with Crippen LogP contribution in [-0.4, -0.2) is 27.4 Å². The van der Waals surface area contributed by atoms with Crippen molar-refractivity contribution in [1.82, 2.24) is 20.3 Å². The van der Waals surface area contributed by atoms with E-state index in [0.29, 0.717) is 28.8 Å². The Balaban J connectivity index is 1.77. The lowest BCUT2D eigenvalue weighted by atomic mass is 10.1. The maximum atomic E-state index is 5.83. The van der Waals surface area contributed by atoms with E-state index in [1.807, 2.05) is 30.3 Å². The van der Waals surface area contributed by atoms with E-state index in [-0.39, 0.29) is 5.92 Å². The molecule has 0 atom stereocenters. The second-order valence-corrected chi connectivity index (χ2v) is 5.91. The maximum Gasteiger partial charge on any atom is 0.257 e. The zero-order valence-corrected chi connectivity index (χ0v) is 14.1. The second-order valence-electron chi connectivity index (χ2n) is 5.91. The zero-order valence-electron chi connectivity index (χ0n) is 14.1. The van der Waals surface area contributed by atoms with Gasteiger partial charge in [-0.1, -0.05) is 31.1 Å². The Morgan fingerprint density at radius 2 is 1.88 bits per heavy atom. The summed E-state index contributed by atoms with van der Waals surface area (Å²) in [6.45, 7) is 4.10. The van der Waals surface area contributed by atoms with E-state index >= 15 is 0 Å². The van der Waals surface area contributed by atoms with Gasteiger partial charge in [0.05, 0.1) is 29.3 Å². The Labute approximate surface area is 143 Å². The van der Waals surface area contributed by atoms with E-state index in [9.17, 15) is 0 Å². The lowest BCUT2D eigenvalue weighted by Crippen LogP contribution is -1.88. The van der Waals surface area contributed by atoms with Gasteiger partial charge in [-0.3, -0.25) is 0 Å². The summed E-state index contributed by atoms with van der Waals surface area (Å²) >= 11 is 0. The number of aromatic nitrogens is 4. The minimum atomic E-state index is 0.227. The molecule has 0 aliphatic rings. The second kappa shape index (κ2) is 6.01. The third kappa shape index (κ3) is 2.63. The Bertz CT molecular complexity index is 1040. The van der Waals surface area contributed by atoms with Crippen LogP contribution in [0.3, 0.4) is 0 Å². The fraction of sp³-hybridized carbons (Fsp3) is 0.222. The molecule has 0 saturated carbocycles. The molecule has 4 aromatic rings. The monoisotopic (exact) mass is 336 g/mol. The molecule has 0 aliphatic carbocycles. The van der Waals surface area contributed by atoms with Crippen LogP contribution in [0.15, 0.2) is 45.5 Å². The van der Waals surface area contributed by atoms with Crippen molar-refractivity contribution in [2.75, 3.05) is 7.11 Å². The molecule has 126 valence electrons. The topological polar surface area (TPSA) is 87.1 Å². The lowest BCUT2D eigenvalue weighted by molar-refractivity contribution is 0.414. The highest BCUT2D eigenvalue weighted by Gasteiger charge is 2.17. The van der Waals surface area contributed by atoms with Crippen molar-refractivity contribution in [3.63, 3.8) is 0 Å². The number of pyridine rings is 1. The molecule has 0 bridgehead atoms. The summed E-state index contributed by atoms with van der Waals surface area (Å²) in [6, 6.07) is 9.40. The molecule has 1 aromatic carbocycles. The first-order valence-corrected chi connectivity index (χ1v) is 7.90. The van der Waals surface area contributed by atoms with E-state index in [1.54, 1.807) is 13.3 Å². The minimum Gasteiger partial charge on any atom is -0.496 e. The van der Waals surface area contributed by atoms with Crippen LogP contribution in [0.4, 0.5) is 0 Å². The van der Waals surface area contributed by atoms with Crippen LogP contribution in [-0.2, 0) is 0 Å². The number of nitrogens with zero attached hydrogens (tertiary/aromatic N) is 4. The van der Waals surface area contributed by atoms with Gasteiger partial charge in [0.25, 0.3) is 11.6 Å². The van der Waals surface area contributed by atoms with Crippen molar-refractivity contribution in [2.24, 2.45) is 0 Å². The predicted octanol–water partition coefficient (Wildman–Crippen LogP) is 4.07. The molecule has 7 nitrogen and oxygen atoms in total. The highest BCUT2D eigenvalue weighted by atomic mass is 16.5. The van der Waals surface area contributed by atoms with Gasteiger partial charge in [0.15, 0.2) is 0 Å². The van der Waals surface area contributed by atoms with Crippen LogP contribution < -0.4 is 4.74 Å². The molecule has 0 saturated heterocycles. The maximum absolute atomic E-state index is 5.83. The van der Waals surface area contributed by atoms with Gasteiger partial charge in [-0.05, 0) is 24.1 Å². The number of ether oxygens (including phenoxy) is 1. The summed E-state index contributed by atoms with van der Waals surface area (Å²) in [7, 11) is 1.60. The molecule has 0 radical (unpaired) electrons. The quantitative estimate of drug-likeness (QED) is 0.555. The van der Waals surface area contributed by atoms with Gasteiger partial charge in [-0.15, -0.1) is 10.2 Å². The Morgan fingerprint density at radius 1 is 1.08 bits per heavy atom. The number of hydrogen-bond donors (Lipinski definition) is 0. The van der Waals surface area contributed by atoms with Crippen molar-refractivity contribution in [3.8, 4) is 28.7 Å². The molecule has 25 heavy (non-hydrogen) atoms. The van der Waals surface area contributed by atoms with Gasteiger partial charge in [-0.2, -0.15) is 0 Å². The van der Waals surface area contributed by atoms with E-state index in [1.165, 1.54) is 0 Å². The molecule has 0 spiro atoms. The van der Waals surface area contributed by atoms with Crippen molar-refractivity contribution in [1.29, 1.82) is 0 Å². The van der Waals surface area contributed by atoms with Crippen molar-refractivity contribution < 1.29 is 13.7 Å². The Hall–Kier alpha value is -3.22. The summed E-state index contributed by atoms with van der Waals surface area (Å²) in [5.41, 5.74) is 2.81. The Kier molecular flexibility index (Phi) is 3.68. The van der Waals surface area contributed by atoms with Crippen LogP contribution in [0.25, 0.3) is 34.0 Å². The fourth-order valence-corrected chi connectivity index (χ4v) is 2.65. The van der Waals surface area contributed by atoms with E-state index in [4.69, 9.17) is 13.7 Å². The van der Waals surface area contributed by atoms with Gasteiger partial charge >= 0.3 is 0 Å². The average Bonchev–Trinajstić information content (AvgIpc) is 3.28. The zero-order chi connectivity index (χ0) is 17.4. The Morgan fingerprint density at radius 3 is 2.68 bits per heavy atom. The normalized spacial score (nSPS) is 11.4. The highest BCUT2D eigenvalue weighted by molar-refractivity contribution is 5.80. The molecular weight excluding hydrogens is 320 g/mol. The van der Waals surface area contributed by atoms with Gasteiger partial charge < -0.3 is 13.7 Å². The molecule has 7 heteroatoms. The predicted molar refractivity (Wildman–Crippen MR) is 91.2 cm³/mol. The summed E-state index contributed by atoms with van der Waals surface area (Å²) < 4.78 is 16.4. The molecule has 4 rings (SSSR count). The largest absolute Gasteiger partial charge is 0.496 e. The third-order valence-electron chi connectivity index (χ3n) is 3.91. The first-order chi connectivity index (χ1) is 12.2. The van der Waals surface area contributed by atoms with Gasteiger partial charge in [0.2, 0.25) is 5.89 Å². The van der Waals surface area contributed by atoms with Crippen molar-refractivity contribution in [2.45, 2.75) is 19.8 Å². The molecule has 3 heterocycles. The minimum absolute atomic E-state index is 0.227. The summed E-state index contributed by atoms with van der Waals surface area (Å²) in [5.74, 6) is 1.67. The van der Waals surface area contributed by atoms with E-state index < -0.39 is 0 Å². The molecule has 0 N–H and O–H groups in total. The van der Waals surface area contributed by atoms with Crippen LogP contribution in [0, 0.1) is 0 Å². The van der Waals surface area contributed by atoms with Crippen molar-refractivity contribution >= 4 is 11.1 Å². The van der Waals surface area contributed by atoms with E-state index in [0.717, 1.165) is 16.6 Å². The fourth-order valence-electron chi connectivity index (χ4n) is 2.65. The average molecular weight is 336 g/mol. The molecule has 0 amide bonds. The van der Waals surface area contributed by atoms with Crippen LogP contribution in [0.1, 0.15) is 25.5 Å². The number of benzene rings is 1. The number of methoxy groups -OCH3 is 1. The number of rotatable bonds is 4. The number of fused-ring (bicyclic) bond motifs is 1. The number of para-hydroxylation sites is 1. The standard InChI is InChI=1S/C18H16N4O3/c1-10(2)15-13-8-11(9-19-17(13)25-22-15)16-20-21-18(24-16)12-6-4-5-7-14(12)23-3/h4-10H,1-3H3. The molecule has 3 aromatic heterocycles. The van der Waals surface area contributed by atoms with Gasteiger partial charge in [0.1, 0.15) is 5.75 Å². The highest BCUT2D eigenvalue weighted by Crippen LogP contribution is 2.32. The van der Waals surface area contributed by atoms with Gasteiger partial charge in [0, 0.05) is 6.20 Å². The summed E-state index contributed by atoms with van der Waals surface area (Å²) in [6.07, 6.45) is 1.64. The number of hydrogen-bond acceptors (Lipinski definition) is 7.